The Morgan fingerprint density at radius 1 is 1.56 bits per heavy atom. The first-order chi connectivity index (χ1) is 8.26. The average molecular weight is 266 g/mol. The molecule has 0 saturated carbocycles. The molecular weight excluding hydrogens is 253 g/mol. The van der Waals surface area contributed by atoms with E-state index in [1.807, 2.05) is 0 Å². The summed E-state index contributed by atoms with van der Waals surface area (Å²) in [5.41, 5.74) is 5.40. The van der Waals surface area contributed by atoms with Gasteiger partial charge in [-0.25, -0.2) is 4.79 Å². The van der Waals surface area contributed by atoms with Crippen molar-refractivity contribution >= 4 is 17.6 Å². The van der Waals surface area contributed by atoms with Crippen LogP contribution in [0.2, 0.25) is 0 Å². The van der Waals surface area contributed by atoms with Gasteiger partial charge in [0.1, 0.15) is 11.4 Å². The Morgan fingerprint density at radius 3 is 2.67 bits per heavy atom. The Labute approximate surface area is 101 Å². The van der Waals surface area contributed by atoms with E-state index < -0.39 is 18.6 Å². The maximum absolute atomic E-state index is 12.1. The maximum Gasteiger partial charge on any atom is 0.390 e. The molecule has 0 bridgehead atoms. The van der Waals surface area contributed by atoms with Crippen molar-refractivity contribution in [2.45, 2.75) is 12.6 Å². The zero-order chi connectivity index (χ0) is 13.9. The van der Waals surface area contributed by atoms with E-state index in [0.717, 1.165) is 7.11 Å². The number of aromatic nitrogens is 2. The van der Waals surface area contributed by atoms with Crippen LogP contribution in [0.25, 0.3) is 0 Å². The normalized spacial score (nSPS) is 11.4. The third kappa shape index (κ3) is 3.28. The summed E-state index contributed by atoms with van der Waals surface area (Å²) in [6.45, 7) is -0.336. The fourth-order valence-corrected chi connectivity index (χ4v) is 1.33. The van der Waals surface area contributed by atoms with Crippen LogP contribution in [-0.4, -0.2) is 43.0 Å². The molecule has 0 aromatic carbocycles. The van der Waals surface area contributed by atoms with E-state index in [1.165, 1.54) is 11.9 Å². The molecule has 1 heterocycles. The van der Waals surface area contributed by atoms with E-state index in [0.29, 0.717) is 0 Å². The number of esters is 1. The minimum absolute atomic E-state index is 0.0311. The summed E-state index contributed by atoms with van der Waals surface area (Å²) in [5.74, 6) is -0.769. The molecule has 0 radical (unpaired) electrons. The maximum atomic E-state index is 12.1. The first-order valence-electron chi connectivity index (χ1n) is 4.96. The number of hydrogen-bond donors (Lipinski definition) is 2. The second kappa shape index (κ2) is 5.15. The summed E-state index contributed by atoms with van der Waals surface area (Å²) >= 11 is 0. The van der Waals surface area contributed by atoms with Gasteiger partial charge >= 0.3 is 12.1 Å². The summed E-state index contributed by atoms with van der Waals surface area (Å²) in [7, 11) is 2.53. The molecule has 0 aliphatic rings. The lowest BCUT2D eigenvalue weighted by Crippen LogP contribution is -2.26. The van der Waals surface area contributed by atoms with Crippen molar-refractivity contribution in [2.24, 2.45) is 0 Å². The van der Waals surface area contributed by atoms with Crippen LogP contribution in [0.15, 0.2) is 0 Å². The van der Waals surface area contributed by atoms with Crippen molar-refractivity contribution in [3.63, 3.8) is 0 Å². The molecule has 0 fully saturated rings. The van der Waals surface area contributed by atoms with Crippen LogP contribution >= 0.6 is 0 Å². The Bertz CT molecular complexity index is 430. The van der Waals surface area contributed by atoms with Gasteiger partial charge in [-0.05, 0) is 0 Å². The van der Waals surface area contributed by atoms with Crippen LogP contribution < -0.4 is 10.6 Å². The van der Waals surface area contributed by atoms with Crippen molar-refractivity contribution < 1.29 is 22.7 Å². The van der Waals surface area contributed by atoms with Crippen LogP contribution in [0.3, 0.4) is 0 Å². The highest BCUT2D eigenvalue weighted by Gasteiger charge is 2.29. The number of nitrogens with zero attached hydrogens (tertiary/aromatic N) is 2. The van der Waals surface area contributed by atoms with Gasteiger partial charge in [-0.15, -0.1) is 0 Å². The largest absolute Gasteiger partial charge is 0.465 e. The molecule has 1 aromatic heterocycles. The lowest BCUT2D eigenvalue weighted by atomic mass is 10.2. The molecule has 0 aliphatic carbocycles. The van der Waals surface area contributed by atoms with Crippen LogP contribution in [0.5, 0.6) is 0 Å². The number of ether oxygens (including phenoxy) is 1. The number of rotatable bonds is 4. The summed E-state index contributed by atoms with van der Waals surface area (Å²) in [6, 6.07) is 0. The second-order valence-corrected chi connectivity index (χ2v) is 3.61. The number of nitrogen functional groups attached to an aromatic ring is 1. The minimum atomic E-state index is -4.28. The van der Waals surface area contributed by atoms with Gasteiger partial charge in [-0.3, -0.25) is 5.10 Å². The lowest BCUT2D eigenvalue weighted by Gasteiger charge is -2.18. The molecule has 1 aromatic rings. The van der Waals surface area contributed by atoms with E-state index in [-0.39, 0.29) is 23.7 Å². The van der Waals surface area contributed by atoms with Gasteiger partial charge in [0.05, 0.1) is 13.5 Å². The van der Waals surface area contributed by atoms with Gasteiger partial charge in [-0.2, -0.15) is 18.3 Å². The van der Waals surface area contributed by atoms with Crippen molar-refractivity contribution in [3.05, 3.63) is 5.56 Å². The van der Waals surface area contributed by atoms with E-state index >= 15 is 0 Å². The Kier molecular flexibility index (Phi) is 4.04. The number of carbonyl (C=O) groups excluding carboxylic acids is 1. The Balaban J connectivity index is 2.86. The quantitative estimate of drug-likeness (QED) is 0.799. The molecule has 0 aliphatic heterocycles. The summed E-state index contributed by atoms with van der Waals surface area (Å²) in [4.78, 5) is 12.6. The third-order valence-electron chi connectivity index (χ3n) is 2.26. The molecule has 6 nitrogen and oxygen atoms in total. The van der Waals surface area contributed by atoms with Crippen LogP contribution in [0.4, 0.5) is 24.8 Å². The average Bonchev–Trinajstić information content (AvgIpc) is 2.66. The minimum Gasteiger partial charge on any atom is -0.465 e. The summed E-state index contributed by atoms with van der Waals surface area (Å²) in [6.07, 6.45) is -5.29. The number of H-pyrrole nitrogens is 1. The van der Waals surface area contributed by atoms with Gasteiger partial charge in [0, 0.05) is 13.6 Å². The van der Waals surface area contributed by atoms with Gasteiger partial charge in [-0.1, -0.05) is 0 Å². The topological polar surface area (TPSA) is 84.2 Å². The SMILES string of the molecule is COC(=O)c1c(N(C)CCC(F)(F)F)n[nH]c1N. The molecule has 3 N–H and O–H groups in total. The number of methoxy groups -OCH3 is 1. The molecule has 0 unspecified atom stereocenters. The number of anilines is 2. The zero-order valence-electron chi connectivity index (χ0n) is 9.84. The molecule has 0 atom stereocenters. The van der Waals surface area contributed by atoms with Gasteiger partial charge in [0.2, 0.25) is 0 Å². The van der Waals surface area contributed by atoms with Crippen molar-refractivity contribution in [2.75, 3.05) is 31.3 Å². The molecule has 0 amide bonds. The fourth-order valence-electron chi connectivity index (χ4n) is 1.33. The number of halogens is 3. The molecule has 18 heavy (non-hydrogen) atoms. The van der Waals surface area contributed by atoms with E-state index in [4.69, 9.17) is 5.73 Å². The standard InChI is InChI=1S/C9H13F3N4O2/c1-16(4-3-9(10,11)12)7-5(8(17)18-2)6(13)14-15-7/h3-4H2,1-2H3,(H3,13,14,15). The van der Waals surface area contributed by atoms with Crippen LogP contribution in [0.1, 0.15) is 16.8 Å². The number of aromatic amines is 1. The highest BCUT2D eigenvalue weighted by atomic mass is 19.4. The Hall–Kier alpha value is -1.93. The second-order valence-electron chi connectivity index (χ2n) is 3.61. The molecule has 102 valence electrons. The number of carbonyl (C=O) groups is 1. The first kappa shape index (κ1) is 14.1. The first-order valence-corrected chi connectivity index (χ1v) is 4.96. The highest BCUT2D eigenvalue weighted by molar-refractivity contribution is 5.99. The third-order valence-corrected chi connectivity index (χ3v) is 2.26. The molecule has 1 rings (SSSR count). The lowest BCUT2D eigenvalue weighted by molar-refractivity contribution is -0.132. The van der Waals surface area contributed by atoms with Crippen molar-refractivity contribution in [3.8, 4) is 0 Å². The van der Waals surface area contributed by atoms with Crippen molar-refractivity contribution in [1.29, 1.82) is 0 Å². The molecule has 9 heteroatoms. The number of nitrogens with two attached hydrogens (primary N) is 1. The van der Waals surface area contributed by atoms with Crippen LogP contribution in [0, 0.1) is 0 Å². The van der Waals surface area contributed by atoms with Gasteiger partial charge in [0.25, 0.3) is 0 Å². The van der Waals surface area contributed by atoms with E-state index in [2.05, 4.69) is 14.9 Å². The fraction of sp³-hybridized carbons (Fsp3) is 0.556. The highest BCUT2D eigenvalue weighted by Crippen LogP contribution is 2.25. The van der Waals surface area contributed by atoms with Gasteiger partial charge in [0.15, 0.2) is 5.82 Å². The molecular formula is C9H13F3N4O2. The number of alkyl halides is 3. The Morgan fingerprint density at radius 2 is 2.17 bits per heavy atom. The number of hydrogen-bond acceptors (Lipinski definition) is 5. The van der Waals surface area contributed by atoms with Crippen molar-refractivity contribution in [1.82, 2.24) is 10.2 Å². The molecule has 0 spiro atoms. The van der Waals surface area contributed by atoms with Crippen LogP contribution in [-0.2, 0) is 4.74 Å². The summed E-state index contributed by atoms with van der Waals surface area (Å²) in [5, 5.41) is 6.03. The van der Waals surface area contributed by atoms with Gasteiger partial charge < -0.3 is 15.4 Å². The predicted molar refractivity (Wildman–Crippen MR) is 58.3 cm³/mol. The molecule has 0 saturated heterocycles. The van der Waals surface area contributed by atoms with E-state index in [9.17, 15) is 18.0 Å². The predicted octanol–water partition coefficient (Wildman–Crippen LogP) is 1.17. The number of nitrogens with one attached hydrogen (secondary N) is 1. The smallest absolute Gasteiger partial charge is 0.390 e. The summed E-state index contributed by atoms with van der Waals surface area (Å²) < 4.78 is 40.8. The van der Waals surface area contributed by atoms with E-state index in [1.54, 1.807) is 0 Å². The monoisotopic (exact) mass is 266 g/mol. The zero-order valence-corrected chi connectivity index (χ0v) is 9.84.